The third-order valence-corrected chi connectivity index (χ3v) is 5.92. The Morgan fingerprint density at radius 3 is 2.84 bits per heavy atom. The standard InChI is InChI=1S/C24H21FN6O/c1-24(32)13-31(14-24)21-5-4-18(9-19(21)25)28-22-23-27-6-7-30(23)12-20(29-22)15-2-3-16-10-26-11-17(16)8-15/h2-10,12,32H,11,13-14H2,1H3,(H,28,29). The predicted molar refractivity (Wildman–Crippen MR) is 122 cm³/mol. The Bertz CT molecular complexity index is 1380. The van der Waals surface area contributed by atoms with Gasteiger partial charge in [-0.1, -0.05) is 12.1 Å². The van der Waals surface area contributed by atoms with Crippen molar-refractivity contribution < 1.29 is 9.50 Å². The average Bonchev–Trinajstić information content (AvgIpc) is 3.41. The molecule has 2 aliphatic rings. The molecular formula is C24H21FN6O. The monoisotopic (exact) mass is 428 g/mol. The number of aliphatic hydroxyl groups is 1. The second kappa shape index (κ2) is 6.86. The van der Waals surface area contributed by atoms with Gasteiger partial charge in [-0.3, -0.25) is 4.99 Å². The van der Waals surface area contributed by atoms with Crippen molar-refractivity contribution in [3.05, 3.63) is 71.9 Å². The molecule has 1 saturated heterocycles. The first-order valence-electron chi connectivity index (χ1n) is 10.5. The van der Waals surface area contributed by atoms with E-state index in [2.05, 4.69) is 27.4 Å². The number of rotatable bonds is 4. The predicted octanol–water partition coefficient (Wildman–Crippen LogP) is 3.78. The van der Waals surface area contributed by atoms with Gasteiger partial charge in [0.05, 0.1) is 23.5 Å². The zero-order valence-corrected chi connectivity index (χ0v) is 17.5. The van der Waals surface area contributed by atoms with Crippen molar-refractivity contribution in [2.75, 3.05) is 23.3 Å². The van der Waals surface area contributed by atoms with Gasteiger partial charge in [0.15, 0.2) is 11.5 Å². The molecule has 0 amide bonds. The number of aliphatic imine (C=N–C) groups is 1. The molecule has 2 aromatic heterocycles. The van der Waals surface area contributed by atoms with Crippen LogP contribution in [0.2, 0.25) is 0 Å². The smallest absolute Gasteiger partial charge is 0.180 e. The molecule has 0 bridgehead atoms. The van der Waals surface area contributed by atoms with Crippen molar-refractivity contribution in [3.63, 3.8) is 0 Å². The summed E-state index contributed by atoms with van der Waals surface area (Å²) in [5, 5.41) is 13.2. The van der Waals surface area contributed by atoms with E-state index >= 15 is 0 Å². The maximum Gasteiger partial charge on any atom is 0.180 e. The van der Waals surface area contributed by atoms with Gasteiger partial charge in [-0.2, -0.15) is 0 Å². The summed E-state index contributed by atoms with van der Waals surface area (Å²) in [5.74, 6) is 0.197. The first kappa shape index (κ1) is 18.9. The van der Waals surface area contributed by atoms with Crippen LogP contribution in [0.3, 0.4) is 0 Å². The number of nitrogens with zero attached hydrogens (tertiary/aromatic N) is 5. The molecule has 7 nitrogen and oxygen atoms in total. The number of anilines is 3. The lowest BCUT2D eigenvalue weighted by molar-refractivity contribution is 0.0306. The lowest BCUT2D eigenvalue weighted by Crippen LogP contribution is -2.60. The van der Waals surface area contributed by atoms with Crippen molar-refractivity contribution in [2.45, 2.75) is 19.1 Å². The van der Waals surface area contributed by atoms with Gasteiger partial charge in [0, 0.05) is 49.1 Å². The van der Waals surface area contributed by atoms with Crippen LogP contribution >= 0.6 is 0 Å². The van der Waals surface area contributed by atoms with Crippen LogP contribution in [0.1, 0.15) is 18.1 Å². The van der Waals surface area contributed by atoms with Crippen molar-refractivity contribution in [2.24, 2.45) is 4.99 Å². The van der Waals surface area contributed by atoms with E-state index in [1.165, 1.54) is 11.6 Å². The highest BCUT2D eigenvalue weighted by Crippen LogP contribution is 2.32. The molecule has 2 N–H and O–H groups in total. The molecule has 0 unspecified atom stereocenters. The van der Waals surface area contributed by atoms with Crippen LogP contribution in [0.25, 0.3) is 16.9 Å². The van der Waals surface area contributed by atoms with E-state index in [0.29, 0.717) is 42.5 Å². The average molecular weight is 428 g/mol. The van der Waals surface area contributed by atoms with Crippen LogP contribution in [0.15, 0.2) is 60.0 Å². The third kappa shape index (κ3) is 3.20. The minimum Gasteiger partial charge on any atom is -0.386 e. The van der Waals surface area contributed by atoms with Gasteiger partial charge in [-0.05, 0) is 42.3 Å². The number of benzene rings is 2. The number of nitrogens with one attached hydrogen (secondary N) is 1. The number of β-amino-alcohol motifs (C(OH)–C–C–N with tert-alkyl or cyclic N) is 1. The van der Waals surface area contributed by atoms with Crippen LogP contribution in [-0.4, -0.2) is 44.4 Å². The van der Waals surface area contributed by atoms with Crippen LogP contribution < -0.4 is 10.2 Å². The molecule has 4 aromatic rings. The molecule has 0 radical (unpaired) electrons. The highest BCUT2D eigenvalue weighted by atomic mass is 19.1. The molecule has 0 aliphatic carbocycles. The quantitative estimate of drug-likeness (QED) is 0.517. The number of imidazole rings is 1. The Hall–Kier alpha value is -3.78. The number of halogens is 1. The number of aromatic nitrogens is 3. The number of hydrogen-bond donors (Lipinski definition) is 2. The molecule has 0 saturated carbocycles. The second-order valence-corrected chi connectivity index (χ2v) is 8.66. The summed E-state index contributed by atoms with van der Waals surface area (Å²) in [6.45, 7) is 3.26. The molecule has 2 aromatic carbocycles. The Balaban J connectivity index is 1.33. The summed E-state index contributed by atoms with van der Waals surface area (Å²) in [4.78, 5) is 15.3. The fraction of sp³-hybridized carbons (Fsp3) is 0.208. The molecule has 1 fully saturated rings. The van der Waals surface area contributed by atoms with Gasteiger partial charge < -0.3 is 19.7 Å². The van der Waals surface area contributed by atoms with Crippen LogP contribution in [-0.2, 0) is 6.54 Å². The van der Waals surface area contributed by atoms with Crippen molar-refractivity contribution in [3.8, 4) is 11.3 Å². The topological polar surface area (TPSA) is 78.0 Å². The molecule has 8 heteroatoms. The zero-order valence-electron chi connectivity index (χ0n) is 17.5. The fourth-order valence-corrected chi connectivity index (χ4v) is 4.35. The van der Waals surface area contributed by atoms with E-state index in [0.717, 1.165) is 16.8 Å². The lowest BCUT2D eigenvalue weighted by Gasteiger charge is -2.45. The van der Waals surface area contributed by atoms with Crippen molar-refractivity contribution in [1.82, 2.24) is 14.4 Å². The van der Waals surface area contributed by atoms with E-state index in [1.807, 2.05) is 40.0 Å². The molecule has 6 rings (SSSR count). The zero-order chi connectivity index (χ0) is 21.9. The summed E-state index contributed by atoms with van der Waals surface area (Å²) in [6, 6.07) is 11.2. The molecule has 160 valence electrons. The molecule has 4 heterocycles. The van der Waals surface area contributed by atoms with Gasteiger partial charge >= 0.3 is 0 Å². The summed E-state index contributed by atoms with van der Waals surface area (Å²) in [5.41, 5.74) is 5.03. The molecule has 0 spiro atoms. The van der Waals surface area contributed by atoms with Gasteiger partial charge in [0.25, 0.3) is 0 Å². The second-order valence-electron chi connectivity index (χ2n) is 8.66. The largest absolute Gasteiger partial charge is 0.386 e. The number of hydrogen-bond acceptors (Lipinski definition) is 6. The maximum atomic E-state index is 14.8. The minimum absolute atomic E-state index is 0.348. The Morgan fingerprint density at radius 2 is 2.03 bits per heavy atom. The fourth-order valence-electron chi connectivity index (χ4n) is 4.35. The van der Waals surface area contributed by atoms with Gasteiger partial charge in [0.1, 0.15) is 5.82 Å². The van der Waals surface area contributed by atoms with Crippen molar-refractivity contribution >= 4 is 29.1 Å². The first-order valence-corrected chi connectivity index (χ1v) is 10.5. The summed E-state index contributed by atoms with van der Waals surface area (Å²) < 4.78 is 16.7. The molecule has 2 aliphatic heterocycles. The molecular weight excluding hydrogens is 407 g/mol. The van der Waals surface area contributed by atoms with E-state index in [9.17, 15) is 9.50 Å². The highest BCUT2D eigenvalue weighted by Gasteiger charge is 2.37. The van der Waals surface area contributed by atoms with Crippen LogP contribution in [0.4, 0.5) is 21.6 Å². The third-order valence-electron chi connectivity index (χ3n) is 5.92. The van der Waals surface area contributed by atoms with Gasteiger partial charge in [-0.15, -0.1) is 0 Å². The summed E-state index contributed by atoms with van der Waals surface area (Å²) in [7, 11) is 0. The Morgan fingerprint density at radius 1 is 1.16 bits per heavy atom. The molecule has 32 heavy (non-hydrogen) atoms. The highest BCUT2D eigenvalue weighted by molar-refractivity contribution is 5.86. The van der Waals surface area contributed by atoms with E-state index in [4.69, 9.17) is 4.98 Å². The Kier molecular flexibility index (Phi) is 4.06. The van der Waals surface area contributed by atoms with Gasteiger partial charge in [0.2, 0.25) is 0 Å². The number of fused-ring (bicyclic) bond motifs is 2. The minimum atomic E-state index is -0.760. The van der Waals surface area contributed by atoms with Gasteiger partial charge in [-0.25, -0.2) is 14.4 Å². The molecule has 0 atom stereocenters. The Labute approximate surface area is 183 Å². The van der Waals surface area contributed by atoms with Crippen LogP contribution in [0.5, 0.6) is 0 Å². The SMILES string of the molecule is CC1(O)CN(c2ccc(Nc3nc(-c4ccc5c(c4)CN=C5)cn4ccnc34)cc2F)C1. The normalized spacial score (nSPS) is 16.3. The van der Waals surface area contributed by atoms with E-state index < -0.39 is 5.60 Å². The van der Waals surface area contributed by atoms with Crippen molar-refractivity contribution in [1.29, 1.82) is 0 Å². The summed E-state index contributed by atoms with van der Waals surface area (Å²) in [6.07, 6.45) is 7.39. The lowest BCUT2D eigenvalue weighted by atomic mass is 9.96. The van der Waals surface area contributed by atoms with E-state index in [1.54, 1.807) is 19.2 Å². The maximum absolute atomic E-state index is 14.8. The van der Waals surface area contributed by atoms with E-state index in [-0.39, 0.29) is 5.82 Å². The first-order chi connectivity index (χ1) is 15.4. The van der Waals surface area contributed by atoms with Crippen LogP contribution in [0, 0.1) is 5.82 Å². The summed E-state index contributed by atoms with van der Waals surface area (Å²) >= 11 is 0.